The first-order valence-electron chi connectivity index (χ1n) is 14.7. The van der Waals surface area contributed by atoms with E-state index in [0.717, 1.165) is 47.1 Å². The number of carbonyl (C=O) groups is 3. The van der Waals surface area contributed by atoms with Crippen LogP contribution in [0.25, 0.3) is 11.1 Å². The summed E-state index contributed by atoms with van der Waals surface area (Å²) in [6, 6.07) is 24.1. The zero-order valence-corrected chi connectivity index (χ0v) is 23.8. The van der Waals surface area contributed by atoms with Crippen molar-refractivity contribution in [3.05, 3.63) is 95.6 Å². The summed E-state index contributed by atoms with van der Waals surface area (Å²) in [5, 5.41) is 15.5. The van der Waals surface area contributed by atoms with Gasteiger partial charge in [0.25, 0.3) is 0 Å². The molecule has 0 saturated heterocycles. The SMILES string of the molecule is C[C@H](OCc1ccccc1)[C@@H](NC(=O)[C@@H]1CCCCC[C@@H]1NC(=O)OCC1c2ccccc2-c2ccccc21)C(=O)O. The molecule has 5 rings (SSSR count). The van der Waals surface area contributed by atoms with Gasteiger partial charge in [-0.1, -0.05) is 98.1 Å². The maximum absolute atomic E-state index is 13.5. The Morgan fingerprint density at radius 2 is 1.48 bits per heavy atom. The number of rotatable bonds is 10. The molecular formula is C34H38N2O6. The van der Waals surface area contributed by atoms with E-state index in [4.69, 9.17) is 9.47 Å². The van der Waals surface area contributed by atoms with Crippen LogP contribution in [0.2, 0.25) is 0 Å². The molecule has 3 N–H and O–H groups in total. The number of alkyl carbamates (subject to hydrolysis) is 1. The molecule has 0 aromatic heterocycles. The standard InChI is InChI=1S/C34H38N2O6/c1-22(41-20-23-12-4-2-5-13-23)31(33(38)39)36-32(37)28-18-6-3-7-19-30(28)35-34(40)42-21-29-26-16-10-8-14-24(26)25-15-9-11-17-27(25)29/h2,4-5,8-17,22,28-31H,3,6-7,18-21H2,1H3,(H,35,40)(H,36,37)(H,38,39)/t22-,28+,30-,31+/m0/s1. The van der Waals surface area contributed by atoms with Gasteiger partial charge in [-0.3, -0.25) is 4.79 Å². The van der Waals surface area contributed by atoms with E-state index in [1.54, 1.807) is 6.92 Å². The van der Waals surface area contributed by atoms with Gasteiger partial charge in [0.05, 0.1) is 18.6 Å². The van der Waals surface area contributed by atoms with Gasteiger partial charge >= 0.3 is 12.1 Å². The molecule has 0 radical (unpaired) electrons. The third-order valence-electron chi connectivity index (χ3n) is 8.39. The summed E-state index contributed by atoms with van der Waals surface area (Å²) in [5.41, 5.74) is 5.47. The molecule has 42 heavy (non-hydrogen) atoms. The minimum absolute atomic E-state index is 0.0647. The zero-order valence-electron chi connectivity index (χ0n) is 23.8. The second-order valence-corrected chi connectivity index (χ2v) is 11.1. The highest BCUT2D eigenvalue weighted by molar-refractivity contribution is 5.86. The Morgan fingerprint density at radius 3 is 2.14 bits per heavy atom. The van der Waals surface area contributed by atoms with Crippen LogP contribution in [0.3, 0.4) is 0 Å². The predicted octanol–water partition coefficient (Wildman–Crippen LogP) is 5.65. The van der Waals surface area contributed by atoms with E-state index in [9.17, 15) is 19.5 Å². The fourth-order valence-electron chi connectivity index (χ4n) is 6.12. The van der Waals surface area contributed by atoms with Crippen LogP contribution in [0, 0.1) is 5.92 Å². The van der Waals surface area contributed by atoms with Gasteiger partial charge in [-0.2, -0.15) is 0 Å². The fraction of sp³-hybridized carbons (Fsp3) is 0.382. The van der Waals surface area contributed by atoms with Gasteiger partial charge < -0.3 is 25.2 Å². The number of carbonyl (C=O) groups excluding carboxylic acids is 2. The second kappa shape index (κ2) is 13.7. The van der Waals surface area contributed by atoms with E-state index in [0.29, 0.717) is 12.8 Å². The molecule has 2 aliphatic carbocycles. The molecule has 0 spiro atoms. The first-order chi connectivity index (χ1) is 20.4. The molecule has 1 saturated carbocycles. The summed E-state index contributed by atoms with van der Waals surface area (Å²) in [5.74, 6) is -2.21. The number of carboxylic acid groups (broad SMARTS) is 1. The molecule has 0 bridgehead atoms. The molecule has 220 valence electrons. The largest absolute Gasteiger partial charge is 0.480 e. The third kappa shape index (κ3) is 6.82. The summed E-state index contributed by atoms with van der Waals surface area (Å²) < 4.78 is 11.5. The van der Waals surface area contributed by atoms with Crippen LogP contribution in [0.15, 0.2) is 78.9 Å². The van der Waals surface area contributed by atoms with E-state index in [-0.39, 0.29) is 19.1 Å². The van der Waals surface area contributed by atoms with E-state index < -0.39 is 42.1 Å². The minimum atomic E-state index is -1.22. The molecule has 1 fully saturated rings. The predicted molar refractivity (Wildman–Crippen MR) is 159 cm³/mol. The lowest BCUT2D eigenvalue weighted by Gasteiger charge is -2.28. The molecule has 0 heterocycles. The molecule has 8 nitrogen and oxygen atoms in total. The Hall–Kier alpha value is -4.17. The summed E-state index contributed by atoms with van der Waals surface area (Å²) in [6.45, 7) is 2.05. The number of fused-ring (bicyclic) bond motifs is 3. The number of carboxylic acids is 1. The van der Waals surface area contributed by atoms with Crippen molar-refractivity contribution in [1.29, 1.82) is 0 Å². The van der Waals surface area contributed by atoms with Crippen LogP contribution in [-0.2, 0) is 25.7 Å². The van der Waals surface area contributed by atoms with E-state index >= 15 is 0 Å². The highest BCUT2D eigenvalue weighted by Crippen LogP contribution is 2.44. The number of amides is 2. The minimum Gasteiger partial charge on any atom is -0.480 e. The maximum Gasteiger partial charge on any atom is 0.407 e. The van der Waals surface area contributed by atoms with Crippen molar-refractivity contribution in [2.75, 3.05) is 6.61 Å². The lowest BCUT2D eigenvalue weighted by atomic mass is 9.93. The Balaban J connectivity index is 1.20. The number of aliphatic carboxylic acids is 1. The van der Waals surface area contributed by atoms with Crippen molar-refractivity contribution in [2.45, 2.75) is 69.7 Å². The van der Waals surface area contributed by atoms with Crippen LogP contribution >= 0.6 is 0 Å². The van der Waals surface area contributed by atoms with E-state index in [2.05, 4.69) is 34.9 Å². The average Bonchev–Trinajstić information content (AvgIpc) is 3.13. The molecule has 2 amide bonds. The normalized spacial score (nSPS) is 19.5. The summed E-state index contributed by atoms with van der Waals surface area (Å²) in [7, 11) is 0. The molecule has 0 aliphatic heterocycles. The van der Waals surface area contributed by atoms with Crippen molar-refractivity contribution in [3.8, 4) is 11.1 Å². The topological polar surface area (TPSA) is 114 Å². The Morgan fingerprint density at radius 1 is 0.857 bits per heavy atom. The van der Waals surface area contributed by atoms with Gasteiger partial charge in [0.2, 0.25) is 5.91 Å². The molecule has 4 atom stereocenters. The van der Waals surface area contributed by atoms with Gasteiger partial charge in [0.15, 0.2) is 6.04 Å². The number of hydrogen-bond donors (Lipinski definition) is 3. The van der Waals surface area contributed by atoms with Crippen molar-refractivity contribution >= 4 is 18.0 Å². The lowest BCUT2D eigenvalue weighted by molar-refractivity contribution is -0.147. The first kappa shape index (κ1) is 29.3. The first-order valence-corrected chi connectivity index (χ1v) is 14.7. The highest BCUT2D eigenvalue weighted by Gasteiger charge is 2.36. The second-order valence-electron chi connectivity index (χ2n) is 11.1. The van der Waals surface area contributed by atoms with Crippen molar-refractivity contribution < 1.29 is 29.0 Å². The van der Waals surface area contributed by atoms with E-state index in [1.165, 1.54) is 0 Å². The van der Waals surface area contributed by atoms with Gasteiger partial charge in [-0.05, 0) is 47.6 Å². The van der Waals surface area contributed by atoms with Crippen LogP contribution < -0.4 is 10.6 Å². The summed E-state index contributed by atoms with van der Waals surface area (Å²) >= 11 is 0. The van der Waals surface area contributed by atoms with Crippen molar-refractivity contribution in [3.63, 3.8) is 0 Å². The molecule has 3 aromatic rings. The van der Waals surface area contributed by atoms with Crippen molar-refractivity contribution in [2.24, 2.45) is 5.92 Å². The fourth-order valence-corrected chi connectivity index (χ4v) is 6.12. The quantitative estimate of drug-likeness (QED) is 0.272. The Bertz CT molecular complexity index is 1350. The Kier molecular flexibility index (Phi) is 9.54. The smallest absolute Gasteiger partial charge is 0.407 e. The summed E-state index contributed by atoms with van der Waals surface area (Å²) in [4.78, 5) is 38.6. The van der Waals surface area contributed by atoms with Crippen LogP contribution in [-0.4, -0.2) is 47.9 Å². The maximum atomic E-state index is 13.5. The molecule has 8 heteroatoms. The zero-order chi connectivity index (χ0) is 29.5. The van der Waals surface area contributed by atoms with Crippen LogP contribution in [0.5, 0.6) is 0 Å². The molecule has 0 unspecified atom stereocenters. The highest BCUT2D eigenvalue weighted by atomic mass is 16.5. The lowest BCUT2D eigenvalue weighted by Crippen LogP contribution is -2.54. The van der Waals surface area contributed by atoms with Gasteiger partial charge in [-0.15, -0.1) is 0 Å². The number of nitrogens with one attached hydrogen (secondary N) is 2. The molecule has 2 aliphatic rings. The van der Waals surface area contributed by atoms with Gasteiger partial charge in [-0.25, -0.2) is 9.59 Å². The number of benzene rings is 3. The van der Waals surface area contributed by atoms with E-state index in [1.807, 2.05) is 54.6 Å². The Labute approximate surface area is 246 Å². The van der Waals surface area contributed by atoms with Gasteiger partial charge in [0.1, 0.15) is 6.61 Å². The molecular weight excluding hydrogens is 532 g/mol. The summed E-state index contributed by atoms with van der Waals surface area (Å²) in [6.07, 6.45) is 2.44. The average molecular weight is 571 g/mol. The molecule has 3 aromatic carbocycles. The number of hydrogen-bond acceptors (Lipinski definition) is 5. The monoisotopic (exact) mass is 570 g/mol. The van der Waals surface area contributed by atoms with Crippen LogP contribution in [0.4, 0.5) is 4.79 Å². The van der Waals surface area contributed by atoms with Crippen molar-refractivity contribution in [1.82, 2.24) is 10.6 Å². The van der Waals surface area contributed by atoms with Gasteiger partial charge in [0, 0.05) is 12.0 Å². The third-order valence-corrected chi connectivity index (χ3v) is 8.39. The number of ether oxygens (including phenoxy) is 2. The van der Waals surface area contributed by atoms with Crippen LogP contribution in [0.1, 0.15) is 61.6 Å².